The molecule has 1 aromatic carbocycles. The maximum Gasteiger partial charge on any atom is 0.315 e. The average molecular weight is 300 g/mol. The molecule has 0 fully saturated rings. The van der Waals surface area contributed by atoms with Gasteiger partial charge in [0, 0.05) is 5.39 Å². The highest BCUT2D eigenvalue weighted by Gasteiger charge is 2.12. The minimum absolute atomic E-state index is 0.0689. The zero-order chi connectivity index (χ0) is 15.4. The lowest BCUT2D eigenvalue weighted by Gasteiger charge is -2.10. The molecule has 1 atom stereocenters. The van der Waals surface area contributed by atoms with Crippen molar-refractivity contribution in [3.05, 3.63) is 60.2 Å². The van der Waals surface area contributed by atoms with Crippen LogP contribution in [-0.4, -0.2) is 17.7 Å². The van der Waals surface area contributed by atoms with Gasteiger partial charge in [-0.1, -0.05) is 18.2 Å². The monoisotopic (exact) mass is 300 g/mol. The van der Waals surface area contributed by atoms with Crippen molar-refractivity contribution in [2.75, 3.05) is 6.54 Å². The summed E-state index contributed by atoms with van der Waals surface area (Å²) in [5, 5.41) is 16.0. The number of amides is 2. The normalized spacial score (nSPS) is 12.2. The Morgan fingerprint density at radius 1 is 1.18 bits per heavy atom. The number of para-hydroxylation sites is 1. The number of rotatable bonds is 5. The number of hydrogen-bond acceptors (Lipinski definition) is 4. The summed E-state index contributed by atoms with van der Waals surface area (Å²) in [6, 6.07) is 12.5. The van der Waals surface area contributed by atoms with Gasteiger partial charge in [0.05, 0.1) is 19.4 Å². The molecule has 0 saturated heterocycles. The van der Waals surface area contributed by atoms with Crippen LogP contribution in [0, 0.1) is 0 Å². The van der Waals surface area contributed by atoms with E-state index in [9.17, 15) is 9.90 Å². The summed E-state index contributed by atoms with van der Waals surface area (Å²) in [5.41, 5.74) is 0.785. The Kier molecular flexibility index (Phi) is 4.11. The second-order valence-electron chi connectivity index (χ2n) is 4.85. The molecule has 0 bridgehead atoms. The Morgan fingerprint density at radius 3 is 2.82 bits per heavy atom. The van der Waals surface area contributed by atoms with E-state index in [1.165, 1.54) is 6.26 Å². The van der Waals surface area contributed by atoms with Crippen LogP contribution in [0.25, 0.3) is 11.0 Å². The molecule has 0 saturated carbocycles. The van der Waals surface area contributed by atoms with Crippen molar-refractivity contribution < 1.29 is 18.7 Å². The van der Waals surface area contributed by atoms with Crippen molar-refractivity contribution in [2.24, 2.45) is 0 Å². The van der Waals surface area contributed by atoms with Crippen molar-refractivity contribution in [1.82, 2.24) is 10.6 Å². The first-order chi connectivity index (χ1) is 10.7. The van der Waals surface area contributed by atoms with E-state index in [1.54, 1.807) is 12.1 Å². The van der Waals surface area contributed by atoms with E-state index in [2.05, 4.69) is 10.6 Å². The molecule has 2 amide bonds. The molecule has 1 unspecified atom stereocenters. The molecule has 0 spiro atoms. The fourth-order valence-corrected chi connectivity index (χ4v) is 2.12. The first-order valence-electron chi connectivity index (χ1n) is 6.93. The molecule has 3 rings (SSSR count). The van der Waals surface area contributed by atoms with E-state index < -0.39 is 6.10 Å². The van der Waals surface area contributed by atoms with Gasteiger partial charge in [-0.25, -0.2) is 4.79 Å². The third-order valence-electron chi connectivity index (χ3n) is 3.23. The average Bonchev–Trinajstić information content (AvgIpc) is 3.19. The van der Waals surface area contributed by atoms with Crippen molar-refractivity contribution in [1.29, 1.82) is 0 Å². The number of benzene rings is 1. The number of fused-ring (bicyclic) bond motifs is 1. The first kappa shape index (κ1) is 14.2. The molecule has 114 valence electrons. The smallest absolute Gasteiger partial charge is 0.315 e. The Labute approximate surface area is 126 Å². The van der Waals surface area contributed by atoms with Crippen molar-refractivity contribution in [2.45, 2.75) is 12.6 Å². The summed E-state index contributed by atoms with van der Waals surface area (Å²) in [5.74, 6) is 1.08. The van der Waals surface area contributed by atoms with E-state index in [-0.39, 0.29) is 19.1 Å². The van der Waals surface area contributed by atoms with Gasteiger partial charge in [-0.3, -0.25) is 0 Å². The lowest BCUT2D eigenvalue weighted by molar-refractivity contribution is 0.148. The second-order valence-corrected chi connectivity index (χ2v) is 4.85. The van der Waals surface area contributed by atoms with Crippen LogP contribution in [0.4, 0.5) is 4.79 Å². The largest absolute Gasteiger partial charge is 0.467 e. The molecule has 2 heterocycles. The zero-order valence-electron chi connectivity index (χ0n) is 11.8. The molecule has 0 aliphatic rings. The number of aliphatic hydroxyl groups is 1. The lowest BCUT2D eigenvalue weighted by atomic mass is 10.2. The minimum Gasteiger partial charge on any atom is -0.467 e. The molecule has 3 N–H and O–H groups in total. The fraction of sp³-hybridized carbons (Fsp3) is 0.188. The number of aliphatic hydroxyl groups excluding tert-OH is 1. The maximum atomic E-state index is 11.7. The van der Waals surface area contributed by atoms with Gasteiger partial charge in [-0.05, 0) is 24.3 Å². The molecule has 0 radical (unpaired) electrons. The van der Waals surface area contributed by atoms with Crippen LogP contribution in [0.5, 0.6) is 0 Å². The standard InChI is InChI=1S/C16H16N2O4/c19-13(15-6-3-7-21-15)10-18-16(20)17-9-12-8-11-4-1-2-5-14(11)22-12/h1-8,13,19H,9-10H2,(H2,17,18,20). The molecular formula is C16H16N2O4. The zero-order valence-corrected chi connectivity index (χ0v) is 11.8. The van der Waals surface area contributed by atoms with E-state index in [1.807, 2.05) is 30.3 Å². The Bertz CT molecular complexity index is 715. The number of urea groups is 1. The second kappa shape index (κ2) is 6.36. The molecular weight excluding hydrogens is 284 g/mol. The highest BCUT2D eigenvalue weighted by Crippen LogP contribution is 2.18. The summed E-state index contributed by atoms with van der Waals surface area (Å²) in [6.07, 6.45) is 0.604. The van der Waals surface area contributed by atoms with Gasteiger partial charge < -0.3 is 24.6 Å². The van der Waals surface area contributed by atoms with Crippen molar-refractivity contribution >= 4 is 17.0 Å². The number of furan rings is 2. The van der Waals surface area contributed by atoms with Crippen molar-refractivity contribution in [3.63, 3.8) is 0 Å². The Balaban J connectivity index is 1.48. The SMILES string of the molecule is O=C(NCc1cc2ccccc2o1)NCC(O)c1ccco1. The Hall–Kier alpha value is -2.73. The topological polar surface area (TPSA) is 87.6 Å². The van der Waals surface area contributed by atoms with E-state index in [0.717, 1.165) is 11.0 Å². The number of nitrogens with one attached hydrogen (secondary N) is 2. The van der Waals surface area contributed by atoms with Crippen LogP contribution in [0.2, 0.25) is 0 Å². The fourth-order valence-electron chi connectivity index (χ4n) is 2.12. The van der Waals surface area contributed by atoms with Crippen LogP contribution in [0.15, 0.2) is 57.6 Å². The summed E-state index contributed by atoms with van der Waals surface area (Å²) in [4.78, 5) is 11.7. The summed E-state index contributed by atoms with van der Waals surface area (Å²) < 4.78 is 10.6. The van der Waals surface area contributed by atoms with Gasteiger partial charge in [0.2, 0.25) is 0 Å². The van der Waals surface area contributed by atoms with Gasteiger partial charge >= 0.3 is 6.03 Å². The molecule has 2 aromatic heterocycles. The van der Waals surface area contributed by atoms with Gasteiger partial charge in [0.1, 0.15) is 23.2 Å². The van der Waals surface area contributed by atoms with Crippen LogP contribution in [0.1, 0.15) is 17.6 Å². The Morgan fingerprint density at radius 2 is 2.05 bits per heavy atom. The quantitative estimate of drug-likeness (QED) is 0.675. The van der Waals surface area contributed by atoms with Crippen LogP contribution >= 0.6 is 0 Å². The number of hydrogen-bond donors (Lipinski definition) is 3. The molecule has 0 aliphatic carbocycles. The third-order valence-corrected chi connectivity index (χ3v) is 3.23. The summed E-state index contributed by atoms with van der Waals surface area (Å²) >= 11 is 0. The number of carbonyl (C=O) groups is 1. The van der Waals surface area contributed by atoms with E-state index >= 15 is 0 Å². The minimum atomic E-state index is -0.869. The lowest BCUT2D eigenvalue weighted by Crippen LogP contribution is -2.37. The molecule has 0 aliphatic heterocycles. The van der Waals surface area contributed by atoms with Gasteiger partial charge in [-0.15, -0.1) is 0 Å². The van der Waals surface area contributed by atoms with Crippen molar-refractivity contribution in [3.8, 4) is 0 Å². The summed E-state index contributed by atoms with van der Waals surface area (Å²) in [6.45, 7) is 0.344. The van der Waals surface area contributed by atoms with Gasteiger partial charge in [0.25, 0.3) is 0 Å². The van der Waals surface area contributed by atoms with E-state index in [4.69, 9.17) is 8.83 Å². The highest BCUT2D eigenvalue weighted by atomic mass is 16.4. The van der Waals surface area contributed by atoms with Gasteiger partial charge in [0.15, 0.2) is 0 Å². The van der Waals surface area contributed by atoms with Crippen LogP contribution in [-0.2, 0) is 6.54 Å². The van der Waals surface area contributed by atoms with Crippen LogP contribution in [0.3, 0.4) is 0 Å². The molecule has 22 heavy (non-hydrogen) atoms. The van der Waals surface area contributed by atoms with Gasteiger partial charge in [-0.2, -0.15) is 0 Å². The first-order valence-corrected chi connectivity index (χ1v) is 6.93. The van der Waals surface area contributed by atoms with Crippen LogP contribution < -0.4 is 10.6 Å². The predicted octanol–water partition coefficient (Wildman–Crippen LogP) is 2.56. The maximum absolute atomic E-state index is 11.7. The molecule has 3 aromatic rings. The summed E-state index contributed by atoms with van der Waals surface area (Å²) in [7, 11) is 0. The molecule has 6 heteroatoms. The highest BCUT2D eigenvalue weighted by molar-refractivity contribution is 5.78. The van der Waals surface area contributed by atoms with E-state index in [0.29, 0.717) is 11.5 Å². The predicted molar refractivity (Wildman–Crippen MR) is 80.1 cm³/mol. The number of carbonyl (C=O) groups excluding carboxylic acids is 1. The third kappa shape index (κ3) is 3.29. The molecule has 6 nitrogen and oxygen atoms in total.